The minimum absolute atomic E-state index is 0.0136. The highest BCUT2D eigenvalue weighted by Crippen LogP contribution is 2.23. The number of halogens is 1. The van der Waals surface area contributed by atoms with E-state index in [4.69, 9.17) is 0 Å². The second-order valence-electron chi connectivity index (χ2n) is 4.48. The molecule has 0 N–H and O–H groups in total. The van der Waals surface area contributed by atoms with Crippen molar-refractivity contribution in [3.05, 3.63) is 75.1 Å². The Balaban J connectivity index is 2.48. The fraction of sp³-hybridized carbons (Fsp3) is 0.0625. The number of nitriles is 1. The van der Waals surface area contributed by atoms with Crippen molar-refractivity contribution in [2.75, 3.05) is 0 Å². The maximum Gasteiger partial charge on any atom is 0.272 e. The summed E-state index contributed by atoms with van der Waals surface area (Å²) in [5.41, 5.74) is 1.73. The number of nitrogens with zero attached hydrogens (tertiary/aromatic N) is 2. The number of hydrogen-bond donors (Lipinski definition) is 0. The highest BCUT2D eigenvalue weighted by atomic mass is 19.1. The van der Waals surface area contributed by atoms with Crippen LogP contribution in [0.15, 0.2) is 42.5 Å². The Kier molecular flexibility index (Phi) is 4.10. The van der Waals surface area contributed by atoms with E-state index in [0.29, 0.717) is 16.7 Å². The van der Waals surface area contributed by atoms with Gasteiger partial charge in [-0.1, -0.05) is 24.3 Å². The van der Waals surface area contributed by atoms with E-state index in [9.17, 15) is 19.8 Å². The van der Waals surface area contributed by atoms with Gasteiger partial charge in [-0.2, -0.15) is 5.26 Å². The molecule has 0 aromatic heterocycles. The predicted octanol–water partition coefficient (Wildman–Crippen LogP) is 4.11. The molecule has 21 heavy (non-hydrogen) atoms. The third-order valence-electron chi connectivity index (χ3n) is 3.00. The Morgan fingerprint density at radius 3 is 2.71 bits per heavy atom. The predicted molar refractivity (Wildman–Crippen MR) is 77.7 cm³/mol. The van der Waals surface area contributed by atoms with Gasteiger partial charge in [0.2, 0.25) is 0 Å². The van der Waals surface area contributed by atoms with Crippen molar-refractivity contribution in [2.45, 2.75) is 6.92 Å². The third kappa shape index (κ3) is 3.31. The zero-order valence-corrected chi connectivity index (χ0v) is 11.2. The first-order valence-corrected chi connectivity index (χ1v) is 6.14. The summed E-state index contributed by atoms with van der Waals surface area (Å²) < 4.78 is 13.2. The van der Waals surface area contributed by atoms with Crippen LogP contribution in [0.3, 0.4) is 0 Å². The van der Waals surface area contributed by atoms with Gasteiger partial charge >= 0.3 is 0 Å². The maximum atomic E-state index is 13.2. The molecular formula is C16H11FN2O2. The van der Waals surface area contributed by atoms with Gasteiger partial charge in [0.15, 0.2) is 0 Å². The van der Waals surface area contributed by atoms with E-state index in [2.05, 4.69) is 0 Å². The lowest BCUT2D eigenvalue weighted by molar-refractivity contribution is -0.385. The largest absolute Gasteiger partial charge is 0.272 e. The molecule has 4 nitrogen and oxygen atoms in total. The van der Waals surface area contributed by atoms with Crippen LogP contribution in [0.2, 0.25) is 0 Å². The topological polar surface area (TPSA) is 66.9 Å². The monoisotopic (exact) mass is 282 g/mol. The Morgan fingerprint density at radius 2 is 2.10 bits per heavy atom. The van der Waals surface area contributed by atoms with E-state index >= 15 is 0 Å². The van der Waals surface area contributed by atoms with Crippen molar-refractivity contribution >= 4 is 17.3 Å². The molecule has 0 bridgehead atoms. The standard InChI is InChI=1S/C16H11FN2O2/c1-11-5-6-12(8-16(11)19(20)21)7-14(10-18)13-3-2-4-15(17)9-13/h2-9H,1H3/b14-7-. The second-order valence-corrected chi connectivity index (χ2v) is 4.48. The molecule has 2 rings (SSSR count). The maximum absolute atomic E-state index is 13.2. The highest BCUT2D eigenvalue weighted by Gasteiger charge is 2.11. The Morgan fingerprint density at radius 1 is 1.33 bits per heavy atom. The van der Waals surface area contributed by atoms with Crippen LogP contribution in [0.5, 0.6) is 0 Å². The van der Waals surface area contributed by atoms with Gasteiger partial charge in [0.05, 0.1) is 16.6 Å². The van der Waals surface area contributed by atoms with Crippen molar-refractivity contribution in [1.82, 2.24) is 0 Å². The molecule has 0 aliphatic carbocycles. The average Bonchev–Trinajstić information content (AvgIpc) is 2.46. The first-order valence-electron chi connectivity index (χ1n) is 6.14. The summed E-state index contributed by atoms with van der Waals surface area (Å²) in [5, 5.41) is 20.1. The summed E-state index contributed by atoms with van der Waals surface area (Å²) in [5.74, 6) is -0.441. The van der Waals surface area contributed by atoms with E-state index in [1.165, 1.54) is 30.3 Å². The Labute approximate surface area is 120 Å². The molecule has 2 aromatic rings. The van der Waals surface area contributed by atoms with E-state index < -0.39 is 10.7 Å². The number of rotatable bonds is 3. The fourth-order valence-corrected chi connectivity index (χ4v) is 1.92. The second kappa shape index (κ2) is 5.97. The Bertz CT molecular complexity index is 776. The van der Waals surface area contributed by atoms with Crippen LogP contribution in [0.1, 0.15) is 16.7 Å². The van der Waals surface area contributed by atoms with Gasteiger partial charge in [-0.15, -0.1) is 0 Å². The molecule has 0 fully saturated rings. The van der Waals surface area contributed by atoms with Crippen molar-refractivity contribution in [2.24, 2.45) is 0 Å². The van der Waals surface area contributed by atoms with Crippen LogP contribution >= 0.6 is 0 Å². The molecule has 0 radical (unpaired) electrons. The van der Waals surface area contributed by atoms with Crippen molar-refractivity contribution in [1.29, 1.82) is 5.26 Å². The molecule has 0 aliphatic heterocycles. The fourth-order valence-electron chi connectivity index (χ4n) is 1.92. The third-order valence-corrected chi connectivity index (χ3v) is 3.00. The van der Waals surface area contributed by atoms with Crippen molar-refractivity contribution in [3.63, 3.8) is 0 Å². The quantitative estimate of drug-likeness (QED) is 0.368. The molecule has 0 unspecified atom stereocenters. The molecule has 0 heterocycles. The summed E-state index contributed by atoms with van der Waals surface area (Å²) in [6.07, 6.45) is 1.50. The summed E-state index contributed by atoms with van der Waals surface area (Å²) in [6, 6.07) is 12.3. The Hall–Kier alpha value is -3.00. The van der Waals surface area contributed by atoms with E-state index in [1.807, 2.05) is 6.07 Å². The average molecular weight is 282 g/mol. The molecule has 5 heteroatoms. The minimum Gasteiger partial charge on any atom is -0.258 e. The molecule has 0 saturated heterocycles. The van der Waals surface area contributed by atoms with Crippen molar-refractivity contribution < 1.29 is 9.31 Å². The summed E-state index contributed by atoms with van der Waals surface area (Å²) >= 11 is 0. The van der Waals surface area contributed by atoms with Gasteiger partial charge < -0.3 is 0 Å². The molecule has 0 spiro atoms. The van der Waals surface area contributed by atoms with Gasteiger partial charge in [0.25, 0.3) is 5.69 Å². The first kappa shape index (κ1) is 14.4. The minimum atomic E-state index is -0.471. The van der Waals surface area contributed by atoms with Crippen LogP contribution in [-0.4, -0.2) is 4.92 Å². The number of hydrogen-bond acceptors (Lipinski definition) is 3. The van der Waals surface area contributed by atoms with Crippen molar-refractivity contribution in [3.8, 4) is 6.07 Å². The van der Waals surface area contributed by atoms with Gasteiger partial charge in [0.1, 0.15) is 5.82 Å². The molecule has 0 aliphatic rings. The lowest BCUT2D eigenvalue weighted by Gasteiger charge is -2.02. The number of allylic oxidation sites excluding steroid dienone is 1. The van der Waals surface area contributed by atoms with E-state index in [0.717, 1.165) is 0 Å². The van der Waals surface area contributed by atoms with Crippen LogP contribution in [0, 0.1) is 34.2 Å². The van der Waals surface area contributed by atoms with Gasteiger partial charge in [-0.3, -0.25) is 10.1 Å². The molecule has 2 aromatic carbocycles. The van der Waals surface area contributed by atoms with Crippen LogP contribution < -0.4 is 0 Å². The van der Waals surface area contributed by atoms with Crippen LogP contribution in [-0.2, 0) is 0 Å². The molecule has 0 saturated carbocycles. The van der Waals surface area contributed by atoms with E-state index in [1.54, 1.807) is 25.1 Å². The van der Waals surface area contributed by atoms with Crippen LogP contribution in [0.4, 0.5) is 10.1 Å². The zero-order chi connectivity index (χ0) is 15.4. The molecule has 0 atom stereocenters. The number of nitro benzene ring substituents is 1. The molecule has 0 amide bonds. The van der Waals surface area contributed by atoms with Gasteiger partial charge in [-0.25, -0.2) is 4.39 Å². The summed E-state index contributed by atoms with van der Waals surface area (Å²) in [6.45, 7) is 1.64. The number of aryl methyl sites for hydroxylation is 1. The summed E-state index contributed by atoms with van der Waals surface area (Å²) in [4.78, 5) is 10.4. The SMILES string of the molecule is Cc1ccc(/C=C(/C#N)c2cccc(F)c2)cc1[N+](=O)[O-]. The molecule has 104 valence electrons. The number of benzene rings is 2. The highest BCUT2D eigenvalue weighted by molar-refractivity contribution is 5.89. The normalized spacial score (nSPS) is 11.0. The number of nitro groups is 1. The van der Waals surface area contributed by atoms with Crippen LogP contribution in [0.25, 0.3) is 11.6 Å². The smallest absolute Gasteiger partial charge is 0.258 e. The first-order chi connectivity index (χ1) is 10.0. The lowest BCUT2D eigenvalue weighted by atomic mass is 10.0. The lowest BCUT2D eigenvalue weighted by Crippen LogP contribution is -1.92. The van der Waals surface area contributed by atoms with Gasteiger partial charge in [-0.05, 0) is 36.3 Å². The molecular weight excluding hydrogens is 271 g/mol. The zero-order valence-electron chi connectivity index (χ0n) is 11.2. The van der Waals surface area contributed by atoms with E-state index in [-0.39, 0.29) is 11.3 Å². The van der Waals surface area contributed by atoms with Gasteiger partial charge in [0, 0.05) is 11.6 Å². The summed E-state index contributed by atoms with van der Waals surface area (Å²) in [7, 11) is 0.